The zero-order valence-electron chi connectivity index (χ0n) is 5.50. The highest BCUT2D eigenvalue weighted by Crippen LogP contribution is 2.43. The molecule has 0 aliphatic rings. The molecule has 0 N–H and O–H groups in total. The van der Waals surface area contributed by atoms with Gasteiger partial charge in [0, 0.05) is 18.0 Å². The van der Waals surface area contributed by atoms with Gasteiger partial charge in [-0.25, -0.2) is 0 Å². The quantitative estimate of drug-likeness (QED) is 0.606. The zero-order valence-corrected chi connectivity index (χ0v) is 7.15. The van der Waals surface area contributed by atoms with Crippen molar-refractivity contribution in [3.63, 3.8) is 0 Å². The maximum Gasteiger partial charge on any atom is 0.223 e. The van der Waals surface area contributed by atoms with E-state index < -0.39 is 7.37 Å². The van der Waals surface area contributed by atoms with Crippen molar-refractivity contribution in [2.24, 2.45) is 0 Å². The fourth-order valence-electron chi connectivity index (χ4n) is 0.402. The highest BCUT2D eigenvalue weighted by Gasteiger charge is 2.07. The second kappa shape index (κ2) is 4.10. The van der Waals surface area contributed by atoms with Crippen molar-refractivity contribution in [2.75, 3.05) is 13.3 Å². The fraction of sp³-hybridized carbons (Fsp3) is 0.600. The molecule has 0 aromatic heterocycles. The van der Waals surface area contributed by atoms with Crippen LogP contribution in [0.25, 0.3) is 0 Å². The van der Waals surface area contributed by atoms with Crippen LogP contribution in [0, 0.1) is 0 Å². The first-order valence-electron chi connectivity index (χ1n) is 2.62. The van der Waals surface area contributed by atoms with Gasteiger partial charge < -0.3 is 4.52 Å². The minimum absolute atomic E-state index is 0.453. The molecule has 0 heterocycles. The predicted molar refractivity (Wildman–Crippen MR) is 40.1 cm³/mol. The van der Waals surface area contributed by atoms with Crippen LogP contribution >= 0.6 is 19.0 Å². The predicted octanol–water partition coefficient (Wildman–Crippen LogP) is 2.64. The van der Waals surface area contributed by atoms with Crippen molar-refractivity contribution in [2.45, 2.75) is 6.92 Å². The van der Waals surface area contributed by atoms with Gasteiger partial charge in [-0.15, -0.1) is 0 Å². The third kappa shape index (κ3) is 4.71. The van der Waals surface area contributed by atoms with Crippen molar-refractivity contribution < 1.29 is 9.09 Å². The third-order valence-corrected chi connectivity index (χ3v) is 2.48. The molecule has 0 rings (SSSR count). The van der Waals surface area contributed by atoms with E-state index in [0.717, 1.165) is 0 Å². The molecule has 0 saturated heterocycles. The summed E-state index contributed by atoms with van der Waals surface area (Å²) in [7, 11) is -2.51. The maximum atomic E-state index is 11.0. The van der Waals surface area contributed by atoms with Gasteiger partial charge in [-0.05, 0) is 6.92 Å². The molecule has 0 saturated carbocycles. The van der Waals surface area contributed by atoms with E-state index in [1.54, 1.807) is 6.92 Å². The largest absolute Gasteiger partial charge is 0.326 e. The normalized spacial score (nSPS) is 18.1. The van der Waals surface area contributed by atoms with Gasteiger partial charge >= 0.3 is 0 Å². The Morgan fingerprint density at radius 3 is 2.67 bits per heavy atom. The van der Waals surface area contributed by atoms with Gasteiger partial charge in [-0.2, -0.15) is 0 Å². The molecule has 0 radical (unpaired) electrons. The Labute approximate surface area is 60.3 Å². The van der Waals surface area contributed by atoms with Gasteiger partial charge in [0.05, 0.1) is 6.61 Å². The van der Waals surface area contributed by atoms with Crippen LogP contribution < -0.4 is 0 Å². The molecule has 0 aromatic carbocycles. The summed E-state index contributed by atoms with van der Waals surface area (Å²) in [6, 6.07) is 0. The Kier molecular flexibility index (Phi) is 4.20. The van der Waals surface area contributed by atoms with E-state index in [1.165, 1.54) is 18.0 Å². The van der Waals surface area contributed by atoms with Crippen LogP contribution in [0.5, 0.6) is 0 Å². The van der Waals surface area contributed by atoms with E-state index in [-0.39, 0.29) is 0 Å². The summed E-state index contributed by atoms with van der Waals surface area (Å²) >= 11 is 5.19. The zero-order chi connectivity index (χ0) is 7.33. The standard InChI is InChI=1S/C5H10ClO2P/c1-3-8-9(2,7)5-4-6/h4-5H,3H2,1-2H3/b5-4+. The van der Waals surface area contributed by atoms with Crippen LogP contribution in [0.4, 0.5) is 0 Å². The number of halogens is 1. The Morgan fingerprint density at radius 1 is 1.78 bits per heavy atom. The highest BCUT2D eigenvalue weighted by atomic mass is 35.5. The number of hydrogen-bond acceptors (Lipinski definition) is 2. The van der Waals surface area contributed by atoms with E-state index in [1.807, 2.05) is 0 Å². The van der Waals surface area contributed by atoms with Gasteiger partial charge in [0.15, 0.2) is 0 Å². The van der Waals surface area contributed by atoms with Gasteiger partial charge in [-0.1, -0.05) is 11.6 Å². The first kappa shape index (κ1) is 9.22. The second-order valence-corrected chi connectivity index (χ2v) is 4.23. The summed E-state index contributed by atoms with van der Waals surface area (Å²) in [5, 5.41) is 0. The lowest BCUT2D eigenvalue weighted by Crippen LogP contribution is -1.82. The first-order valence-corrected chi connectivity index (χ1v) is 5.20. The molecule has 0 aliphatic heterocycles. The summed E-state index contributed by atoms with van der Waals surface area (Å²) in [5.74, 6) is 1.37. The monoisotopic (exact) mass is 168 g/mol. The average molecular weight is 169 g/mol. The fourth-order valence-corrected chi connectivity index (χ4v) is 1.82. The van der Waals surface area contributed by atoms with Crippen LogP contribution in [0.1, 0.15) is 6.92 Å². The van der Waals surface area contributed by atoms with Gasteiger partial charge in [0.2, 0.25) is 7.37 Å². The van der Waals surface area contributed by atoms with Gasteiger partial charge in [0.1, 0.15) is 0 Å². The SMILES string of the molecule is CCOP(C)(=O)/C=C/Cl. The molecule has 0 amide bonds. The van der Waals surface area contributed by atoms with Crippen LogP contribution in [0.3, 0.4) is 0 Å². The van der Waals surface area contributed by atoms with E-state index in [9.17, 15) is 4.57 Å². The molecule has 0 spiro atoms. The van der Waals surface area contributed by atoms with Crippen LogP contribution in [0.15, 0.2) is 11.4 Å². The lowest BCUT2D eigenvalue weighted by molar-refractivity contribution is 0.344. The highest BCUT2D eigenvalue weighted by molar-refractivity contribution is 7.61. The smallest absolute Gasteiger partial charge is 0.223 e. The van der Waals surface area contributed by atoms with Crippen molar-refractivity contribution in [3.8, 4) is 0 Å². The lowest BCUT2D eigenvalue weighted by atomic mass is 10.9. The summed E-state index contributed by atoms with van der Waals surface area (Å²) in [6.45, 7) is 3.77. The number of hydrogen-bond donors (Lipinski definition) is 0. The molecular formula is C5H10ClO2P. The second-order valence-electron chi connectivity index (χ2n) is 1.60. The molecule has 0 aliphatic carbocycles. The van der Waals surface area contributed by atoms with Crippen molar-refractivity contribution in [1.82, 2.24) is 0 Å². The Morgan fingerprint density at radius 2 is 2.33 bits per heavy atom. The van der Waals surface area contributed by atoms with E-state index in [4.69, 9.17) is 16.1 Å². The Balaban J connectivity index is 3.87. The molecule has 1 atom stereocenters. The van der Waals surface area contributed by atoms with Gasteiger partial charge in [-0.3, -0.25) is 4.57 Å². The third-order valence-electron chi connectivity index (χ3n) is 0.713. The van der Waals surface area contributed by atoms with Crippen molar-refractivity contribution in [1.29, 1.82) is 0 Å². The molecule has 54 valence electrons. The van der Waals surface area contributed by atoms with Crippen molar-refractivity contribution in [3.05, 3.63) is 11.4 Å². The van der Waals surface area contributed by atoms with E-state index >= 15 is 0 Å². The lowest BCUT2D eigenvalue weighted by Gasteiger charge is -2.04. The van der Waals surface area contributed by atoms with Crippen molar-refractivity contribution >= 4 is 19.0 Å². The minimum atomic E-state index is -2.51. The topological polar surface area (TPSA) is 26.3 Å². The number of rotatable bonds is 3. The molecule has 9 heavy (non-hydrogen) atoms. The van der Waals surface area contributed by atoms with Gasteiger partial charge in [0.25, 0.3) is 0 Å². The molecule has 0 fully saturated rings. The van der Waals surface area contributed by atoms with Crippen LogP contribution in [-0.2, 0) is 9.09 Å². The molecule has 1 unspecified atom stereocenters. The Hall–Kier alpha value is 0.220. The first-order chi connectivity index (χ1) is 4.12. The average Bonchev–Trinajstić information content (AvgIpc) is 1.64. The maximum absolute atomic E-state index is 11.0. The van der Waals surface area contributed by atoms with Crippen LogP contribution in [-0.4, -0.2) is 13.3 Å². The molecule has 0 bridgehead atoms. The minimum Gasteiger partial charge on any atom is -0.326 e. The summed E-state index contributed by atoms with van der Waals surface area (Å²) in [6.07, 6.45) is 0. The summed E-state index contributed by atoms with van der Waals surface area (Å²) in [4.78, 5) is 0. The van der Waals surface area contributed by atoms with E-state index in [0.29, 0.717) is 6.61 Å². The summed E-state index contributed by atoms with van der Waals surface area (Å²) in [5.41, 5.74) is 1.22. The molecular weight excluding hydrogens is 158 g/mol. The summed E-state index contributed by atoms with van der Waals surface area (Å²) < 4.78 is 15.9. The van der Waals surface area contributed by atoms with Crippen LogP contribution in [0.2, 0.25) is 0 Å². The molecule has 4 heteroatoms. The molecule has 0 aromatic rings. The molecule has 2 nitrogen and oxygen atoms in total. The van der Waals surface area contributed by atoms with E-state index in [2.05, 4.69) is 0 Å². The Bertz CT molecular complexity index is 144.